The van der Waals surface area contributed by atoms with Gasteiger partial charge in [-0.1, -0.05) is 18.2 Å². The smallest absolute Gasteiger partial charge is 0.307 e. The van der Waals surface area contributed by atoms with Gasteiger partial charge in [0.25, 0.3) is 0 Å². The van der Waals surface area contributed by atoms with Gasteiger partial charge in [-0.15, -0.1) is 0 Å². The highest BCUT2D eigenvalue weighted by atomic mass is 16.5. The van der Waals surface area contributed by atoms with Gasteiger partial charge >= 0.3 is 5.97 Å². The monoisotopic (exact) mass is 223 g/mol. The number of carboxylic acid groups (broad SMARTS) is 1. The number of likely N-dealkylation sites (N-methyl/N-ethyl adjacent to an activating group) is 1. The molecule has 16 heavy (non-hydrogen) atoms. The number of carboxylic acids is 1. The number of para-hydroxylation sites is 1. The second-order valence-electron chi connectivity index (χ2n) is 3.83. The predicted molar refractivity (Wildman–Crippen MR) is 61.8 cm³/mol. The first-order valence-electron chi connectivity index (χ1n) is 5.17. The van der Waals surface area contributed by atoms with Gasteiger partial charge in [0, 0.05) is 12.1 Å². The van der Waals surface area contributed by atoms with Crippen LogP contribution in [0.15, 0.2) is 24.3 Å². The van der Waals surface area contributed by atoms with Crippen LogP contribution in [-0.2, 0) is 11.2 Å². The van der Waals surface area contributed by atoms with Crippen molar-refractivity contribution < 1.29 is 14.6 Å². The van der Waals surface area contributed by atoms with E-state index in [-0.39, 0.29) is 6.42 Å². The van der Waals surface area contributed by atoms with E-state index in [2.05, 4.69) is 0 Å². The minimum atomic E-state index is -0.844. The number of aliphatic carboxylic acids is 1. The maximum Gasteiger partial charge on any atom is 0.307 e. The van der Waals surface area contributed by atoms with Gasteiger partial charge in [0.15, 0.2) is 0 Å². The molecule has 0 unspecified atom stereocenters. The highest BCUT2D eigenvalue weighted by Gasteiger charge is 2.06. The number of ether oxygens (including phenoxy) is 1. The number of rotatable bonds is 6. The van der Waals surface area contributed by atoms with E-state index >= 15 is 0 Å². The molecule has 0 saturated heterocycles. The second kappa shape index (κ2) is 6.12. The van der Waals surface area contributed by atoms with Crippen LogP contribution in [-0.4, -0.2) is 43.2 Å². The average Bonchev–Trinajstić information content (AvgIpc) is 2.19. The third-order valence-corrected chi connectivity index (χ3v) is 2.11. The lowest BCUT2D eigenvalue weighted by Gasteiger charge is -2.13. The number of hydrogen-bond acceptors (Lipinski definition) is 3. The molecule has 0 fully saturated rings. The standard InChI is InChI=1S/C12H17NO3/c1-13(2)7-8-16-11-6-4-3-5-10(11)9-12(14)15/h3-6H,7-9H2,1-2H3,(H,14,15). The molecule has 0 aliphatic carbocycles. The Labute approximate surface area is 95.5 Å². The van der Waals surface area contributed by atoms with Gasteiger partial charge in [0.05, 0.1) is 6.42 Å². The molecule has 0 radical (unpaired) electrons. The number of benzene rings is 1. The summed E-state index contributed by atoms with van der Waals surface area (Å²) in [6.07, 6.45) is -0.00185. The number of carbonyl (C=O) groups is 1. The van der Waals surface area contributed by atoms with Crippen LogP contribution in [0, 0.1) is 0 Å². The van der Waals surface area contributed by atoms with Crippen molar-refractivity contribution in [3.63, 3.8) is 0 Å². The van der Waals surface area contributed by atoms with Crippen molar-refractivity contribution in [1.82, 2.24) is 4.90 Å². The van der Waals surface area contributed by atoms with Crippen LogP contribution in [0.5, 0.6) is 5.75 Å². The molecule has 88 valence electrons. The molecule has 0 amide bonds. The summed E-state index contributed by atoms with van der Waals surface area (Å²) in [5, 5.41) is 8.74. The number of hydrogen-bond donors (Lipinski definition) is 1. The summed E-state index contributed by atoms with van der Waals surface area (Å²) >= 11 is 0. The van der Waals surface area contributed by atoms with E-state index in [1.54, 1.807) is 12.1 Å². The molecule has 1 rings (SSSR count). The quantitative estimate of drug-likeness (QED) is 0.788. The van der Waals surface area contributed by atoms with Crippen molar-refractivity contribution >= 4 is 5.97 Å². The van der Waals surface area contributed by atoms with Crippen molar-refractivity contribution in [1.29, 1.82) is 0 Å². The van der Waals surface area contributed by atoms with Gasteiger partial charge in [0.2, 0.25) is 0 Å². The van der Waals surface area contributed by atoms with Crippen LogP contribution in [0.4, 0.5) is 0 Å². The zero-order valence-corrected chi connectivity index (χ0v) is 9.64. The highest BCUT2D eigenvalue weighted by molar-refractivity contribution is 5.71. The highest BCUT2D eigenvalue weighted by Crippen LogP contribution is 2.18. The van der Waals surface area contributed by atoms with E-state index in [4.69, 9.17) is 9.84 Å². The Kier molecular flexibility index (Phi) is 4.79. The molecule has 1 N–H and O–H groups in total. The summed E-state index contributed by atoms with van der Waals surface area (Å²) in [6.45, 7) is 1.37. The minimum Gasteiger partial charge on any atom is -0.492 e. The van der Waals surface area contributed by atoms with Gasteiger partial charge in [-0.2, -0.15) is 0 Å². The summed E-state index contributed by atoms with van der Waals surface area (Å²) in [5.74, 6) is -0.185. The first-order valence-corrected chi connectivity index (χ1v) is 5.17. The van der Waals surface area contributed by atoms with E-state index in [0.29, 0.717) is 17.9 Å². The molecule has 0 bridgehead atoms. The van der Waals surface area contributed by atoms with Crippen LogP contribution >= 0.6 is 0 Å². The fourth-order valence-corrected chi connectivity index (χ4v) is 1.29. The Hall–Kier alpha value is -1.55. The molecule has 0 aliphatic heterocycles. The molecule has 4 heteroatoms. The van der Waals surface area contributed by atoms with Crippen molar-refractivity contribution in [3.8, 4) is 5.75 Å². The molecule has 1 aromatic carbocycles. The second-order valence-corrected chi connectivity index (χ2v) is 3.83. The third-order valence-electron chi connectivity index (χ3n) is 2.11. The zero-order chi connectivity index (χ0) is 12.0. The first-order chi connectivity index (χ1) is 7.59. The molecular weight excluding hydrogens is 206 g/mol. The summed E-state index contributed by atoms with van der Waals surface area (Å²) < 4.78 is 5.54. The average molecular weight is 223 g/mol. The van der Waals surface area contributed by atoms with Gasteiger partial charge in [-0.25, -0.2) is 0 Å². The topological polar surface area (TPSA) is 49.8 Å². The molecule has 0 spiro atoms. The van der Waals surface area contributed by atoms with Crippen LogP contribution in [0.2, 0.25) is 0 Å². The van der Waals surface area contributed by atoms with E-state index in [0.717, 1.165) is 6.54 Å². The maximum absolute atomic E-state index is 10.6. The summed E-state index contributed by atoms with van der Waals surface area (Å²) in [6, 6.07) is 7.24. The van der Waals surface area contributed by atoms with Crippen LogP contribution in [0.1, 0.15) is 5.56 Å². The predicted octanol–water partition coefficient (Wildman–Crippen LogP) is 1.25. The molecule has 0 heterocycles. The van der Waals surface area contributed by atoms with Gasteiger partial charge in [-0.3, -0.25) is 4.79 Å². The van der Waals surface area contributed by atoms with Crippen LogP contribution < -0.4 is 4.74 Å². The van der Waals surface area contributed by atoms with Crippen molar-refractivity contribution in [2.24, 2.45) is 0 Å². The molecular formula is C12H17NO3. The first kappa shape index (κ1) is 12.5. The minimum absolute atomic E-state index is 0.00185. The fraction of sp³-hybridized carbons (Fsp3) is 0.417. The molecule has 0 aromatic heterocycles. The molecule has 1 aromatic rings. The van der Waals surface area contributed by atoms with E-state index < -0.39 is 5.97 Å². The van der Waals surface area contributed by atoms with Crippen LogP contribution in [0.3, 0.4) is 0 Å². The largest absolute Gasteiger partial charge is 0.492 e. The Balaban J connectivity index is 2.60. The van der Waals surface area contributed by atoms with Gasteiger partial charge in [-0.05, 0) is 20.2 Å². The molecule has 4 nitrogen and oxygen atoms in total. The van der Waals surface area contributed by atoms with Crippen LogP contribution in [0.25, 0.3) is 0 Å². The fourth-order valence-electron chi connectivity index (χ4n) is 1.29. The SMILES string of the molecule is CN(C)CCOc1ccccc1CC(=O)O. The Morgan fingerprint density at radius 1 is 1.38 bits per heavy atom. The Bertz CT molecular complexity index is 350. The summed E-state index contributed by atoms with van der Waals surface area (Å²) in [5.41, 5.74) is 0.716. The third kappa shape index (κ3) is 4.31. The van der Waals surface area contributed by atoms with E-state index in [9.17, 15) is 4.79 Å². The Morgan fingerprint density at radius 2 is 2.06 bits per heavy atom. The summed E-state index contributed by atoms with van der Waals surface area (Å²) in [4.78, 5) is 12.7. The van der Waals surface area contributed by atoms with Crippen molar-refractivity contribution in [2.75, 3.05) is 27.2 Å². The Morgan fingerprint density at radius 3 is 2.69 bits per heavy atom. The zero-order valence-electron chi connectivity index (χ0n) is 9.64. The normalized spacial score (nSPS) is 10.4. The van der Waals surface area contributed by atoms with Crippen molar-refractivity contribution in [2.45, 2.75) is 6.42 Å². The lowest BCUT2D eigenvalue weighted by Crippen LogP contribution is -2.19. The molecule has 0 aliphatic rings. The molecule has 0 atom stereocenters. The van der Waals surface area contributed by atoms with E-state index in [1.165, 1.54) is 0 Å². The van der Waals surface area contributed by atoms with E-state index in [1.807, 2.05) is 31.1 Å². The van der Waals surface area contributed by atoms with Crippen molar-refractivity contribution in [3.05, 3.63) is 29.8 Å². The van der Waals surface area contributed by atoms with Gasteiger partial charge in [0.1, 0.15) is 12.4 Å². The lowest BCUT2D eigenvalue weighted by molar-refractivity contribution is -0.136. The van der Waals surface area contributed by atoms with Gasteiger partial charge < -0.3 is 14.7 Å². The number of nitrogens with zero attached hydrogens (tertiary/aromatic N) is 1. The molecule has 0 saturated carbocycles. The maximum atomic E-state index is 10.6. The summed E-state index contributed by atoms with van der Waals surface area (Å²) in [7, 11) is 3.93. The lowest BCUT2D eigenvalue weighted by atomic mass is 10.1.